The molecule has 1 aromatic rings. The first kappa shape index (κ1) is 18.2. The summed E-state index contributed by atoms with van der Waals surface area (Å²) in [6.07, 6.45) is 3.94. The number of benzene rings is 1. The van der Waals surface area contributed by atoms with Gasteiger partial charge in [0.05, 0.1) is 0 Å². The second-order valence-electron chi connectivity index (χ2n) is 5.76. The highest BCUT2D eigenvalue weighted by Gasteiger charge is 2.10. The predicted octanol–water partition coefficient (Wildman–Crippen LogP) is 4.85. The van der Waals surface area contributed by atoms with Crippen molar-refractivity contribution in [3.8, 4) is 0 Å². The lowest BCUT2D eigenvalue weighted by Crippen LogP contribution is -2.28. The van der Waals surface area contributed by atoms with E-state index in [0.717, 1.165) is 12.3 Å². The first-order valence-corrected chi connectivity index (χ1v) is 7.27. The zero-order valence-corrected chi connectivity index (χ0v) is 12.8. The zero-order chi connectivity index (χ0) is 13.5. The summed E-state index contributed by atoms with van der Waals surface area (Å²) in [4.78, 5) is 2.40. The molecule has 0 N–H and O–H groups in total. The van der Waals surface area contributed by atoms with E-state index in [1.807, 2.05) is 0 Å². The third-order valence-electron chi connectivity index (χ3n) is 3.99. The van der Waals surface area contributed by atoms with E-state index in [4.69, 9.17) is 0 Å². The molecule has 2 rings (SSSR count). The second-order valence-corrected chi connectivity index (χ2v) is 5.76. The summed E-state index contributed by atoms with van der Waals surface area (Å²) in [5, 5.41) is 0. The molecule has 1 heteroatoms. The van der Waals surface area contributed by atoms with E-state index in [0.29, 0.717) is 0 Å². The van der Waals surface area contributed by atoms with Gasteiger partial charge in [0.15, 0.2) is 0 Å². The first-order valence-electron chi connectivity index (χ1n) is 7.27. The van der Waals surface area contributed by atoms with Gasteiger partial charge >= 0.3 is 0 Å². The summed E-state index contributed by atoms with van der Waals surface area (Å²) in [6, 6.07) is 6.64. The Balaban J connectivity index is 0.000000331. The Labute approximate surface area is 121 Å². The Bertz CT molecular complexity index is 339. The van der Waals surface area contributed by atoms with Crippen molar-refractivity contribution in [3.63, 3.8) is 0 Å². The molecule has 1 aliphatic heterocycles. The highest BCUT2D eigenvalue weighted by molar-refractivity contribution is 5.29. The fourth-order valence-electron chi connectivity index (χ4n) is 2.16. The molecule has 19 heavy (non-hydrogen) atoms. The standard InChI is InChI=1S/C10H14.C7H15N.CH4/c1-4-10-6-5-8(2)9(3)7-10;1-7-3-5-8(2)6-4-7;/h5-7H,4H2,1-3H3;7H,3-6H2,1-2H3;1H4. The molecule has 1 aliphatic rings. The molecule has 0 radical (unpaired) electrons. The molecule has 1 heterocycles. The van der Waals surface area contributed by atoms with Crippen molar-refractivity contribution in [2.45, 2.75) is 54.4 Å². The van der Waals surface area contributed by atoms with E-state index in [2.05, 4.69) is 57.8 Å². The molecule has 0 atom stereocenters. The molecular formula is C18H33N. The minimum absolute atomic E-state index is 0. The normalized spacial score (nSPS) is 16.3. The van der Waals surface area contributed by atoms with Crippen molar-refractivity contribution in [2.24, 2.45) is 5.92 Å². The topological polar surface area (TPSA) is 3.24 Å². The number of rotatable bonds is 1. The van der Waals surface area contributed by atoms with Crippen molar-refractivity contribution in [1.29, 1.82) is 0 Å². The average molecular weight is 263 g/mol. The molecule has 1 nitrogen and oxygen atoms in total. The smallest absolute Gasteiger partial charge is 0.00192 e. The number of hydrogen-bond acceptors (Lipinski definition) is 1. The van der Waals surface area contributed by atoms with E-state index in [1.54, 1.807) is 0 Å². The second kappa shape index (κ2) is 9.14. The number of nitrogens with zero attached hydrogens (tertiary/aromatic N) is 1. The summed E-state index contributed by atoms with van der Waals surface area (Å²) in [6.45, 7) is 11.4. The fourth-order valence-corrected chi connectivity index (χ4v) is 2.16. The summed E-state index contributed by atoms with van der Waals surface area (Å²) in [7, 11) is 2.20. The van der Waals surface area contributed by atoms with Crippen LogP contribution >= 0.6 is 0 Å². The van der Waals surface area contributed by atoms with Crippen LogP contribution in [0.4, 0.5) is 0 Å². The first-order chi connectivity index (χ1) is 8.52. The molecule has 0 spiro atoms. The minimum atomic E-state index is 0. The van der Waals surface area contributed by atoms with Crippen LogP contribution < -0.4 is 0 Å². The maximum absolute atomic E-state index is 2.40. The van der Waals surface area contributed by atoms with Crippen LogP contribution in [0.3, 0.4) is 0 Å². The van der Waals surface area contributed by atoms with E-state index < -0.39 is 0 Å². The average Bonchev–Trinajstić information content (AvgIpc) is 2.37. The molecule has 110 valence electrons. The maximum atomic E-state index is 2.40. The largest absolute Gasteiger partial charge is 0.306 e. The zero-order valence-electron chi connectivity index (χ0n) is 12.8. The third kappa shape index (κ3) is 6.77. The molecule has 0 saturated carbocycles. The number of aryl methyl sites for hydroxylation is 3. The number of likely N-dealkylation sites (tertiary alicyclic amines) is 1. The van der Waals surface area contributed by atoms with Gasteiger partial charge in [0, 0.05) is 0 Å². The van der Waals surface area contributed by atoms with Crippen molar-refractivity contribution >= 4 is 0 Å². The lowest BCUT2D eigenvalue weighted by molar-refractivity contribution is 0.230. The summed E-state index contributed by atoms with van der Waals surface area (Å²) in [5.41, 5.74) is 4.22. The predicted molar refractivity (Wildman–Crippen MR) is 87.9 cm³/mol. The van der Waals surface area contributed by atoms with Crippen molar-refractivity contribution in [3.05, 3.63) is 34.9 Å². The minimum Gasteiger partial charge on any atom is -0.306 e. The Hall–Kier alpha value is -0.820. The molecule has 0 bridgehead atoms. The molecule has 0 unspecified atom stereocenters. The highest BCUT2D eigenvalue weighted by atomic mass is 15.1. The molecule has 0 aliphatic carbocycles. The molecule has 0 aromatic heterocycles. The SMILES string of the molecule is C.CC1CCN(C)CC1.CCc1ccc(C)c(C)c1. The van der Waals surface area contributed by atoms with Crippen LogP contribution in [0.25, 0.3) is 0 Å². The van der Waals surface area contributed by atoms with Crippen LogP contribution in [0.5, 0.6) is 0 Å². The van der Waals surface area contributed by atoms with Crippen molar-refractivity contribution in [2.75, 3.05) is 20.1 Å². The molecule has 1 fully saturated rings. The molecule has 1 saturated heterocycles. The highest BCUT2D eigenvalue weighted by Crippen LogP contribution is 2.13. The van der Waals surface area contributed by atoms with Gasteiger partial charge in [-0.05, 0) is 75.9 Å². The monoisotopic (exact) mass is 263 g/mol. The van der Waals surface area contributed by atoms with E-state index in [1.165, 1.54) is 42.6 Å². The Morgan fingerprint density at radius 2 is 1.68 bits per heavy atom. The quantitative estimate of drug-likeness (QED) is 0.700. The van der Waals surface area contributed by atoms with Gasteiger partial charge < -0.3 is 4.90 Å². The van der Waals surface area contributed by atoms with Crippen molar-refractivity contribution < 1.29 is 0 Å². The third-order valence-corrected chi connectivity index (χ3v) is 3.99. The Morgan fingerprint density at radius 1 is 1.11 bits per heavy atom. The van der Waals surface area contributed by atoms with Crippen LogP contribution in [-0.4, -0.2) is 25.0 Å². The van der Waals surface area contributed by atoms with Crippen LogP contribution in [0.1, 0.15) is 50.8 Å². The van der Waals surface area contributed by atoms with Gasteiger partial charge in [-0.25, -0.2) is 0 Å². The van der Waals surface area contributed by atoms with Gasteiger partial charge in [0.25, 0.3) is 0 Å². The van der Waals surface area contributed by atoms with Gasteiger partial charge in [-0.2, -0.15) is 0 Å². The van der Waals surface area contributed by atoms with Crippen LogP contribution in [-0.2, 0) is 6.42 Å². The Morgan fingerprint density at radius 3 is 2.11 bits per heavy atom. The van der Waals surface area contributed by atoms with Gasteiger partial charge in [-0.15, -0.1) is 0 Å². The summed E-state index contributed by atoms with van der Waals surface area (Å²) < 4.78 is 0. The lowest BCUT2D eigenvalue weighted by Gasteiger charge is -2.26. The van der Waals surface area contributed by atoms with Crippen LogP contribution in [0.2, 0.25) is 0 Å². The van der Waals surface area contributed by atoms with E-state index in [9.17, 15) is 0 Å². The van der Waals surface area contributed by atoms with E-state index in [-0.39, 0.29) is 7.43 Å². The maximum Gasteiger partial charge on any atom is -0.00192 e. The van der Waals surface area contributed by atoms with E-state index >= 15 is 0 Å². The van der Waals surface area contributed by atoms with Gasteiger partial charge in [-0.3, -0.25) is 0 Å². The van der Waals surface area contributed by atoms with Crippen LogP contribution in [0.15, 0.2) is 18.2 Å². The van der Waals surface area contributed by atoms with Gasteiger partial charge in [-0.1, -0.05) is 39.5 Å². The molecule has 1 aromatic carbocycles. The number of piperidine rings is 1. The van der Waals surface area contributed by atoms with Crippen molar-refractivity contribution in [1.82, 2.24) is 4.90 Å². The van der Waals surface area contributed by atoms with Crippen LogP contribution in [0, 0.1) is 19.8 Å². The molecule has 0 amide bonds. The lowest BCUT2D eigenvalue weighted by atomic mass is 10.00. The number of hydrogen-bond donors (Lipinski definition) is 0. The Kier molecular flexibility index (Phi) is 8.75. The summed E-state index contributed by atoms with van der Waals surface area (Å²) in [5.74, 6) is 0.978. The van der Waals surface area contributed by atoms with Gasteiger partial charge in [0.1, 0.15) is 0 Å². The summed E-state index contributed by atoms with van der Waals surface area (Å²) >= 11 is 0. The fraction of sp³-hybridized carbons (Fsp3) is 0.667. The van der Waals surface area contributed by atoms with Gasteiger partial charge in [0.2, 0.25) is 0 Å². The molecular weight excluding hydrogens is 230 g/mol.